The molecule has 0 radical (unpaired) electrons. The standard InChI is InChI=1S/2C15H17F2NO4S.2C13H13F2NO4S.Li.H2O/c1-2-22-15(19)14-9-7-12(17)13(8-9)18(14)23(20,21)11-5-3-10(16)4-6-11;1-2-22-15(19)14-12-7-10(8-13(12)17)18(14)23(20,21)11-5-3-9(16)4-6-11;14-8-1-3-9(4-2-8)21(19,20)16-11-6-7(5-10(11)15)12(16)13(17)18;14-7-1-3-9(4-2-7)21(19,20)16-8-5-10(11(15)6-8)12(16)13(17)18;;/h3-6,9,12-14H,2,7-8H2,1H3;3-6,10,12-14H,2,7-8H2,1H3;1-4,7,10-12H,5-6H2,(H,17,18);1-4,8,10-12H,5-6H2,(H,17,18);;1H2/q;;;;+1;/p-1. The number of benzene rings is 4. The molecule has 0 aromatic heterocycles. The van der Waals surface area contributed by atoms with Gasteiger partial charge in [0.15, 0.2) is 0 Å². The number of sulfonamides is 4. The molecule has 4 saturated heterocycles. The van der Waals surface area contributed by atoms with E-state index in [0.29, 0.717) is 12.8 Å². The van der Waals surface area contributed by atoms with Crippen molar-refractivity contribution in [2.45, 2.75) is 158 Å². The molecule has 4 aromatic carbocycles. The fourth-order valence-electron chi connectivity index (χ4n) is 13.7. The van der Waals surface area contributed by atoms with Crippen molar-refractivity contribution >= 4 is 64.0 Å². The molecule has 8 aliphatic rings. The van der Waals surface area contributed by atoms with Gasteiger partial charge in [-0.3, -0.25) is 19.2 Å². The molecule has 16 atom stereocenters. The predicted octanol–water partition coefficient (Wildman–Crippen LogP) is 3.38. The van der Waals surface area contributed by atoms with Crippen LogP contribution in [0.5, 0.6) is 0 Å². The number of aliphatic carboxylic acids is 2. The molecular formula is C56H61F8LiN4O17S4. The summed E-state index contributed by atoms with van der Waals surface area (Å²) in [5.41, 5.74) is 0. The topological polar surface area (TPSA) is 307 Å². The quantitative estimate of drug-likeness (QED) is 0.104. The third-order valence-corrected chi connectivity index (χ3v) is 25.0. The van der Waals surface area contributed by atoms with Crippen LogP contribution in [0.25, 0.3) is 0 Å². The molecule has 0 spiro atoms. The van der Waals surface area contributed by atoms with Gasteiger partial charge >= 0.3 is 42.7 Å². The summed E-state index contributed by atoms with van der Waals surface area (Å²) >= 11 is 0. The zero-order valence-electron chi connectivity index (χ0n) is 48.0. The summed E-state index contributed by atoms with van der Waals surface area (Å²) in [5.74, 6) is -8.74. The van der Waals surface area contributed by atoms with E-state index < -0.39 is 178 Å². The maximum absolute atomic E-state index is 14.1. The summed E-state index contributed by atoms with van der Waals surface area (Å²) in [5, 5.41) is 18.5. The fourth-order valence-corrected chi connectivity index (χ4v) is 21.0. The number of carbonyl (C=O) groups excluding carboxylic acids is 2. The van der Waals surface area contributed by atoms with Crippen molar-refractivity contribution in [1.29, 1.82) is 0 Å². The van der Waals surface area contributed by atoms with Gasteiger partial charge in [-0.15, -0.1) is 0 Å². The van der Waals surface area contributed by atoms with E-state index in [1.165, 1.54) is 0 Å². The van der Waals surface area contributed by atoms with Gasteiger partial charge in [0.2, 0.25) is 40.1 Å². The number of piperidine rings is 4. The second-order valence-corrected chi connectivity index (χ2v) is 29.7. The van der Waals surface area contributed by atoms with Gasteiger partial charge in [-0.25, -0.2) is 68.8 Å². The molecule has 90 heavy (non-hydrogen) atoms. The van der Waals surface area contributed by atoms with E-state index in [9.17, 15) is 98.2 Å². The Labute approximate surface area is 525 Å². The first-order chi connectivity index (χ1) is 41.4. The molecule has 34 heteroatoms. The van der Waals surface area contributed by atoms with Crippen molar-refractivity contribution in [2.24, 2.45) is 23.7 Å². The SMILES string of the molecule is CCOC(=O)C1C2CC(CC2F)N1S(=O)(=O)c1ccc(F)cc1.CCOC(=O)C1C2CC(F)C(C2)N1S(=O)(=O)c1ccc(F)cc1.O=C(O)C1C2CC(CC2F)N1S(=O)(=O)c1ccc(F)cc1.O=C(O)C1C2CC(F)C(C2)N1S(=O)(=O)c1ccc(F)cc1.[Li+].[OH-]. The third-order valence-electron chi connectivity index (χ3n) is 17.3. The summed E-state index contributed by atoms with van der Waals surface area (Å²) in [6, 6.07) is 9.02. The molecule has 0 amide bonds. The van der Waals surface area contributed by atoms with Gasteiger partial charge in [0.05, 0.1) is 44.9 Å². The monoisotopic (exact) mass is 1350 g/mol. The molecule has 4 saturated carbocycles. The molecule has 488 valence electrons. The third kappa shape index (κ3) is 13.6. The second kappa shape index (κ2) is 27.9. The number of esters is 2. The Hall–Kier alpha value is -5.60. The summed E-state index contributed by atoms with van der Waals surface area (Å²) < 4.78 is 223. The van der Waals surface area contributed by atoms with Gasteiger partial charge in [-0.05, 0) is 174 Å². The first kappa shape index (κ1) is 71.8. The Morgan fingerprint density at radius 2 is 0.689 bits per heavy atom. The normalized spacial score (nSPS) is 30.8. The van der Waals surface area contributed by atoms with E-state index in [1.807, 2.05) is 0 Å². The van der Waals surface area contributed by atoms with Gasteiger partial charge in [-0.2, -0.15) is 17.2 Å². The van der Waals surface area contributed by atoms with Crippen LogP contribution >= 0.6 is 0 Å². The number of hydrogen-bond acceptors (Lipinski definition) is 15. The average molecular weight is 1350 g/mol. The van der Waals surface area contributed by atoms with Crippen molar-refractivity contribution in [3.05, 3.63) is 120 Å². The summed E-state index contributed by atoms with van der Waals surface area (Å²) in [6.07, 6.45) is -3.87. The number of nitrogens with zero attached hydrogens (tertiary/aromatic N) is 4. The summed E-state index contributed by atoms with van der Waals surface area (Å²) in [7, 11) is -16.4. The van der Waals surface area contributed by atoms with Crippen molar-refractivity contribution in [3.63, 3.8) is 0 Å². The molecule has 4 aliphatic heterocycles. The minimum absolute atomic E-state index is 0. The molecule has 8 fully saturated rings. The smallest absolute Gasteiger partial charge is 0.870 e. The van der Waals surface area contributed by atoms with E-state index in [0.717, 1.165) is 114 Å². The van der Waals surface area contributed by atoms with Gasteiger partial charge in [-0.1, -0.05) is 0 Å². The van der Waals surface area contributed by atoms with Crippen LogP contribution in [-0.4, -0.2) is 177 Å². The molecule has 12 rings (SSSR count). The number of carboxylic acids is 2. The van der Waals surface area contributed by atoms with Crippen LogP contribution in [0.2, 0.25) is 0 Å². The van der Waals surface area contributed by atoms with Crippen molar-refractivity contribution in [2.75, 3.05) is 13.2 Å². The Balaban J connectivity index is 0.000000170. The van der Waals surface area contributed by atoms with Crippen molar-refractivity contribution < 1.29 is 132 Å². The Morgan fingerprint density at radius 3 is 1.01 bits per heavy atom. The molecule has 21 nitrogen and oxygen atoms in total. The molecule has 8 bridgehead atoms. The minimum Gasteiger partial charge on any atom is -0.870 e. The number of halogens is 8. The van der Waals surface area contributed by atoms with Crippen LogP contribution in [0.1, 0.15) is 65.2 Å². The van der Waals surface area contributed by atoms with Crippen LogP contribution in [0.4, 0.5) is 35.1 Å². The molecule has 4 aromatic rings. The largest absolute Gasteiger partial charge is 1.00 e. The van der Waals surface area contributed by atoms with Crippen LogP contribution in [0, 0.1) is 46.9 Å². The van der Waals surface area contributed by atoms with Crippen molar-refractivity contribution in [1.82, 2.24) is 17.2 Å². The first-order valence-corrected chi connectivity index (χ1v) is 33.6. The zero-order valence-corrected chi connectivity index (χ0v) is 51.3. The number of hydrogen-bond donors (Lipinski definition) is 2. The number of alkyl halides is 4. The number of fused-ring (bicyclic) bond motifs is 8. The molecular weight excluding hydrogens is 1290 g/mol. The minimum atomic E-state index is -4.17. The number of rotatable bonds is 14. The Morgan fingerprint density at radius 1 is 0.411 bits per heavy atom. The van der Waals surface area contributed by atoms with Crippen LogP contribution in [-0.2, 0) is 68.7 Å². The number of carbonyl (C=O) groups is 4. The van der Waals surface area contributed by atoms with Crippen LogP contribution < -0.4 is 18.9 Å². The first-order valence-electron chi connectivity index (χ1n) is 27.9. The van der Waals surface area contributed by atoms with E-state index >= 15 is 0 Å². The average Bonchev–Trinajstić information content (AvgIpc) is 1.59. The Kier molecular flexibility index (Phi) is 22.3. The molecule has 4 aliphatic carbocycles. The fraction of sp³-hybridized carbons (Fsp3) is 0.500. The number of carboxylic acid groups (broad SMARTS) is 2. The Bertz CT molecular complexity index is 3750. The maximum Gasteiger partial charge on any atom is 1.00 e. The maximum atomic E-state index is 14.1. The predicted molar refractivity (Wildman–Crippen MR) is 293 cm³/mol. The summed E-state index contributed by atoms with van der Waals surface area (Å²) in [6.45, 7) is 3.45. The number of ether oxygens (including phenoxy) is 2. The van der Waals surface area contributed by atoms with E-state index in [1.54, 1.807) is 13.8 Å². The second-order valence-electron chi connectivity index (χ2n) is 22.4. The van der Waals surface area contributed by atoms with Crippen LogP contribution in [0.3, 0.4) is 0 Å². The van der Waals surface area contributed by atoms with E-state index in [2.05, 4.69) is 0 Å². The van der Waals surface area contributed by atoms with Gasteiger partial charge < -0.3 is 25.2 Å². The zero-order chi connectivity index (χ0) is 64.3. The van der Waals surface area contributed by atoms with Crippen molar-refractivity contribution in [3.8, 4) is 0 Å². The van der Waals surface area contributed by atoms with Gasteiger partial charge in [0.25, 0.3) is 0 Å². The van der Waals surface area contributed by atoms with E-state index in [-0.39, 0.29) is 102 Å². The molecule has 16 unspecified atom stereocenters. The van der Waals surface area contributed by atoms with Gasteiger partial charge in [0, 0.05) is 23.9 Å². The molecule has 3 N–H and O–H groups in total. The van der Waals surface area contributed by atoms with E-state index in [4.69, 9.17) is 9.47 Å². The van der Waals surface area contributed by atoms with Crippen LogP contribution in [0.15, 0.2) is 117 Å². The molecule has 4 heterocycles. The summed E-state index contributed by atoms with van der Waals surface area (Å²) in [4.78, 5) is 46.4. The van der Waals surface area contributed by atoms with Gasteiger partial charge in [0.1, 0.15) is 72.1 Å².